The molecule has 2 aromatic carbocycles. The van der Waals surface area contributed by atoms with Gasteiger partial charge in [-0.2, -0.15) is 0 Å². The Kier molecular flexibility index (Phi) is 4.44. The van der Waals surface area contributed by atoms with Crippen LogP contribution in [0.5, 0.6) is 0 Å². The largest absolute Gasteiger partial charge is 0.388 e. The Morgan fingerprint density at radius 1 is 1.22 bits per heavy atom. The Bertz CT molecular complexity index is 554. The minimum atomic E-state index is -0.587. The molecule has 18 heavy (non-hydrogen) atoms. The number of halogens is 2. The molecular formula is C15H14BrClO. The van der Waals surface area contributed by atoms with Gasteiger partial charge in [0.1, 0.15) is 0 Å². The summed E-state index contributed by atoms with van der Waals surface area (Å²) in [7, 11) is 0. The van der Waals surface area contributed by atoms with Crippen molar-refractivity contribution in [1.82, 2.24) is 0 Å². The third-order valence-electron chi connectivity index (χ3n) is 2.99. The monoisotopic (exact) mass is 324 g/mol. The molecular weight excluding hydrogens is 312 g/mol. The molecule has 1 atom stereocenters. The number of aliphatic hydroxyl groups is 1. The second-order valence-corrected chi connectivity index (χ2v) is 5.64. The SMILES string of the molecule is Cc1ccccc1CC(O)c1cc(Br)ccc1Cl. The number of rotatable bonds is 3. The number of aliphatic hydroxyl groups excluding tert-OH is 1. The molecule has 0 spiro atoms. The van der Waals surface area contributed by atoms with Gasteiger partial charge in [0.15, 0.2) is 0 Å². The molecule has 0 bridgehead atoms. The Labute approximate surface area is 121 Å². The lowest BCUT2D eigenvalue weighted by molar-refractivity contribution is 0.178. The Balaban J connectivity index is 2.25. The summed E-state index contributed by atoms with van der Waals surface area (Å²) in [6.45, 7) is 2.05. The fraction of sp³-hybridized carbons (Fsp3) is 0.200. The summed E-state index contributed by atoms with van der Waals surface area (Å²) in [4.78, 5) is 0. The molecule has 0 aliphatic heterocycles. The van der Waals surface area contributed by atoms with Crippen molar-refractivity contribution in [2.24, 2.45) is 0 Å². The summed E-state index contributed by atoms with van der Waals surface area (Å²) < 4.78 is 0.922. The zero-order valence-electron chi connectivity index (χ0n) is 10.0. The zero-order chi connectivity index (χ0) is 13.1. The Hall–Kier alpha value is -0.830. The molecule has 1 unspecified atom stereocenters. The van der Waals surface area contributed by atoms with Crippen molar-refractivity contribution in [3.8, 4) is 0 Å². The molecule has 0 aliphatic rings. The van der Waals surface area contributed by atoms with E-state index in [1.54, 1.807) is 6.07 Å². The van der Waals surface area contributed by atoms with E-state index in [0.29, 0.717) is 11.4 Å². The molecule has 0 fully saturated rings. The van der Waals surface area contributed by atoms with Crippen molar-refractivity contribution in [2.75, 3.05) is 0 Å². The summed E-state index contributed by atoms with van der Waals surface area (Å²) in [6.07, 6.45) is -0.0147. The Morgan fingerprint density at radius 2 is 1.94 bits per heavy atom. The predicted octanol–water partition coefficient (Wildman–Crippen LogP) is 4.69. The van der Waals surface area contributed by atoms with Gasteiger partial charge in [-0.3, -0.25) is 0 Å². The van der Waals surface area contributed by atoms with E-state index in [1.165, 1.54) is 5.56 Å². The van der Waals surface area contributed by atoms with Crippen LogP contribution in [-0.2, 0) is 6.42 Å². The van der Waals surface area contributed by atoms with E-state index in [1.807, 2.05) is 43.3 Å². The molecule has 0 heterocycles. The smallest absolute Gasteiger partial charge is 0.0845 e. The van der Waals surface area contributed by atoms with Crippen LogP contribution < -0.4 is 0 Å². The highest BCUT2D eigenvalue weighted by Crippen LogP contribution is 2.29. The number of aryl methyl sites for hydroxylation is 1. The van der Waals surface area contributed by atoms with Gasteiger partial charge in [0.2, 0.25) is 0 Å². The van der Waals surface area contributed by atoms with Crippen LogP contribution in [0.1, 0.15) is 22.8 Å². The van der Waals surface area contributed by atoms with Crippen molar-refractivity contribution < 1.29 is 5.11 Å². The van der Waals surface area contributed by atoms with Crippen molar-refractivity contribution in [3.05, 3.63) is 68.7 Å². The average molecular weight is 326 g/mol. The summed E-state index contributed by atoms with van der Waals surface area (Å²) in [6, 6.07) is 13.6. The molecule has 0 radical (unpaired) electrons. The highest BCUT2D eigenvalue weighted by Gasteiger charge is 2.13. The molecule has 0 saturated carbocycles. The lowest BCUT2D eigenvalue weighted by atomic mass is 9.98. The van der Waals surface area contributed by atoms with Gasteiger partial charge in [0.05, 0.1) is 6.10 Å². The van der Waals surface area contributed by atoms with E-state index in [0.717, 1.165) is 15.6 Å². The molecule has 2 aromatic rings. The molecule has 0 saturated heterocycles. The quantitative estimate of drug-likeness (QED) is 0.868. The van der Waals surface area contributed by atoms with Gasteiger partial charge in [-0.15, -0.1) is 0 Å². The fourth-order valence-electron chi connectivity index (χ4n) is 1.93. The molecule has 0 amide bonds. The second-order valence-electron chi connectivity index (χ2n) is 4.31. The molecule has 0 aliphatic carbocycles. The van der Waals surface area contributed by atoms with Gasteiger partial charge < -0.3 is 5.11 Å². The van der Waals surface area contributed by atoms with Crippen molar-refractivity contribution in [2.45, 2.75) is 19.4 Å². The van der Waals surface area contributed by atoms with Gasteiger partial charge in [0, 0.05) is 21.5 Å². The van der Waals surface area contributed by atoms with Crippen LogP contribution in [0.3, 0.4) is 0 Å². The maximum Gasteiger partial charge on any atom is 0.0845 e. The lowest BCUT2D eigenvalue weighted by Crippen LogP contribution is -2.04. The molecule has 1 nitrogen and oxygen atoms in total. The maximum absolute atomic E-state index is 10.3. The summed E-state index contributed by atoms with van der Waals surface area (Å²) in [5, 5.41) is 10.9. The van der Waals surface area contributed by atoms with Crippen LogP contribution in [0, 0.1) is 6.92 Å². The minimum absolute atomic E-state index is 0.572. The number of benzene rings is 2. The third kappa shape index (κ3) is 3.14. The Morgan fingerprint density at radius 3 is 2.67 bits per heavy atom. The van der Waals surface area contributed by atoms with Crippen molar-refractivity contribution in [3.63, 3.8) is 0 Å². The van der Waals surface area contributed by atoms with Gasteiger partial charge in [0.25, 0.3) is 0 Å². The zero-order valence-corrected chi connectivity index (χ0v) is 12.4. The summed E-state index contributed by atoms with van der Waals surface area (Å²) >= 11 is 9.51. The van der Waals surface area contributed by atoms with Crippen molar-refractivity contribution in [1.29, 1.82) is 0 Å². The van der Waals surface area contributed by atoms with Crippen LogP contribution in [0.4, 0.5) is 0 Å². The first-order chi connectivity index (χ1) is 8.58. The summed E-state index contributed by atoms with van der Waals surface area (Å²) in [5.74, 6) is 0. The fourth-order valence-corrected chi connectivity index (χ4v) is 2.55. The van der Waals surface area contributed by atoms with E-state index >= 15 is 0 Å². The van der Waals surface area contributed by atoms with Gasteiger partial charge in [-0.05, 0) is 36.2 Å². The van der Waals surface area contributed by atoms with Crippen LogP contribution in [0.15, 0.2) is 46.9 Å². The highest BCUT2D eigenvalue weighted by atomic mass is 79.9. The molecule has 2 rings (SSSR count). The van der Waals surface area contributed by atoms with E-state index in [-0.39, 0.29) is 0 Å². The van der Waals surface area contributed by atoms with Gasteiger partial charge in [-0.25, -0.2) is 0 Å². The van der Waals surface area contributed by atoms with Crippen LogP contribution in [0.25, 0.3) is 0 Å². The summed E-state index contributed by atoms with van der Waals surface area (Å²) in [5.41, 5.74) is 3.08. The molecule has 94 valence electrons. The van der Waals surface area contributed by atoms with E-state index in [4.69, 9.17) is 11.6 Å². The first-order valence-corrected chi connectivity index (χ1v) is 6.92. The van der Waals surface area contributed by atoms with E-state index in [2.05, 4.69) is 15.9 Å². The average Bonchev–Trinajstić information content (AvgIpc) is 2.35. The van der Waals surface area contributed by atoms with Crippen LogP contribution >= 0.6 is 27.5 Å². The molecule has 3 heteroatoms. The van der Waals surface area contributed by atoms with Crippen LogP contribution in [-0.4, -0.2) is 5.11 Å². The third-order valence-corrected chi connectivity index (χ3v) is 3.83. The van der Waals surface area contributed by atoms with E-state index in [9.17, 15) is 5.11 Å². The standard InChI is InChI=1S/C15H14BrClO/c1-10-4-2-3-5-11(10)8-15(18)13-9-12(16)6-7-14(13)17/h2-7,9,15,18H,8H2,1H3. The second kappa shape index (κ2) is 5.87. The minimum Gasteiger partial charge on any atom is -0.388 e. The highest BCUT2D eigenvalue weighted by molar-refractivity contribution is 9.10. The van der Waals surface area contributed by atoms with Gasteiger partial charge >= 0.3 is 0 Å². The first kappa shape index (κ1) is 13.6. The normalized spacial score (nSPS) is 12.4. The predicted molar refractivity (Wildman–Crippen MR) is 79.0 cm³/mol. The topological polar surface area (TPSA) is 20.2 Å². The lowest BCUT2D eigenvalue weighted by Gasteiger charge is -2.14. The van der Waals surface area contributed by atoms with E-state index < -0.39 is 6.10 Å². The first-order valence-electron chi connectivity index (χ1n) is 5.75. The molecule has 1 N–H and O–H groups in total. The number of hydrogen-bond donors (Lipinski definition) is 1. The number of hydrogen-bond acceptors (Lipinski definition) is 1. The van der Waals surface area contributed by atoms with Gasteiger partial charge in [-0.1, -0.05) is 51.8 Å². The maximum atomic E-state index is 10.3. The molecule has 0 aromatic heterocycles. The van der Waals surface area contributed by atoms with Crippen molar-refractivity contribution >= 4 is 27.5 Å². The van der Waals surface area contributed by atoms with Crippen LogP contribution in [0.2, 0.25) is 5.02 Å².